The molecule has 0 saturated carbocycles. The maximum absolute atomic E-state index is 13.5. The number of hydrogen-bond acceptors (Lipinski definition) is 7. The van der Waals surface area contributed by atoms with Gasteiger partial charge in [-0.25, -0.2) is 23.7 Å². The Bertz CT molecular complexity index is 1090. The average Bonchev–Trinajstić information content (AvgIpc) is 2.66. The third-order valence-corrected chi connectivity index (χ3v) is 5.29. The highest BCUT2D eigenvalue weighted by Crippen LogP contribution is 2.46. The second-order valence-electron chi connectivity index (χ2n) is 6.49. The molecule has 1 aromatic carbocycles. The van der Waals surface area contributed by atoms with Crippen molar-refractivity contribution < 1.29 is 18.3 Å². The minimum absolute atomic E-state index is 0.0136. The lowest BCUT2D eigenvalue weighted by Gasteiger charge is -2.39. The summed E-state index contributed by atoms with van der Waals surface area (Å²) in [5.74, 6) is -1.88. The zero-order chi connectivity index (χ0) is 20.9. The number of alkyl halides is 2. The van der Waals surface area contributed by atoms with Crippen LogP contribution >= 0.6 is 23.2 Å². The lowest BCUT2D eigenvalue weighted by molar-refractivity contribution is -0.0265. The number of rotatable bonds is 4. The highest BCUT2D eigenvalue weighted by molar-refractivity contribution is 6.41. The molecule has 1 aliphatic heterocycles. The molecule has 0 spiro atoms. The number of nitrogen functional groups attached to an aromatic ring is 1. The van der Waals surface area contributed by atoms with Crippen molar-refractivity contribution in [2.24, 2.45) is 0 Å². The summed E-state index contributed by atoms with van der Waals surface area (Å²) in [6.45, 7) is -0.962. The molecule has 0 amide bonds. The summed E-state index contributed by atoms with van der Waals surface area (Å²) in [5, 5.41) is 0.964. The summed E-state index contributed by atoms with van der Waals surface area (Å²) in [7, 11) is 2.91. The molecule has 2 N–H and O–H groups in total. The minimum atomic E-state index is -2.79. The molecule has 3 aromatic rings. The van der Waals surface area contributed by atoms with Crippen molar-refractivity contribution in [2.45, 2.75) is 5.92 Å². The van der Waals surface area contributed by atoms with E-state index >= 15 is 0 Å². The summed E-state index contributed by atoms with van der Waals surface area (Å²) in [6.07, 6.45) is 1.49. The number of fused-ring (bicyclic) bond motifs is 1. The first-order valence-electron chi connectivity index (χ1n) is 8.40. The van der Waals surface area contributed by atoms with Gasteiger partial charge in [0.25, 0.3) is 5.92 Å². The molecule has 0 unspecified atom stereocenters. The summed E-state index contributed by atoms with van der Waals surface area (Å²) < 4.78 is 37.6. The first-order chi connectivity index (χ1) is 13.7. The smallest absolute Gasteiger partial charge is 0.282 e. The van der Waals surface area contributed by atoms with Crippen LogP contribution in [0.15, 0.2) is 18.3 Å². The Kier molecular flexibility index (Phi) is 4.74. The lowest BCUT2D eigenvalue weighted by Crippen LogP contribution is -2.56. The fraction of sp³-hybridized carbons (Fsp3) is 0.278. The van der Waals surface area contributed by atoms with Gasteiger partial charge in [0.2, 0.25) is 5.95 Å². The van der Waals surface area contributed by atoms with Gasteiger partial charge in [-0.2, -0.15) is 0 Å². The molecule has 0 atom stereocenters. The van der Waals surface area contributed by atoms with Crippen molar-refractivity contribution in [3.8, 4) is 22.8 Å². The lowest BCUT2D eigenvalue weighted by atomic mass is 10.1. The molecule has 2 aromatic heterocycles. The highest BCUT2D eigenvalue weighted by Gasteiger charge is 2.45. The number of nitrogens with two attached hydrogens (primary N) is 1. The number of hydrogen-bond donors (Lipinski definition) is 1. The van der Waals surface area contributed by atoms with Gasteiger partial charge in [-0.1, -0.05) is 23.2 Å². The quantitative estimate of drug-likeness (QED) is 0.653. The number of methoxy groups -OCH3 is 2. The number of halogens is 4. The van der Waals surface area contributed by atoms with Gasteiger partial charge in [0, 0.05) is 23.2 Å². The van der Waals surface area contributed by atoms with Crippen LogP contribution in [0.4, 0.5) is 20.5 Å². The van der Waals surface area contributed by atoms with Gasteiger partial charge in [0.05, 0.1) is 43.0 Å². The van der Waals surface area contributed by atoms with Crippen molar-refractivity contribution >= 4 is 45.9 Å². The van der Waals surface area contributed by atoms with Crippen LogP contribution in [-0.4, -0.2) is 48.2 Å². The number of anilines is 2. The Morgan fingerprint density at radius 2 is 1.69 bits per heavy atom. The van der Waals surface area contributed by atoms with Crippen molar-refractivity contribution in [2.75, 3.05) is 37.9 Å². The van der Waals surface area contributed by atoms with Gasteiger partial charge in [0.1, 0.15) is 17.0 Å². The number of benzene rings is 1. The topological polar surface area (TPSA) is 86.4 Å². The molecule has 1 aliphatic rings. The van der Waals surface area contributed by atoms with Crippen molar-refractivity contribution in [3.63, 3.8) is 0 Å². The predicted octanol–water partition coefficient (Wildman–Crippen LogP) is 4.05. The maximum atomic E-state index is 13.5. The zero-order valence-electron chi connectivity index (χ0n) is 15.3. The predicted molar refractivity (Wildman–Crippen MR) is 107 cm³/mol. The molecular weight excluding hydrogens is 427 g/mol. The molecule has 4 rings (SSSR count). The molecule has 152 valence electrons. The summed E-state index contributed by atoms with van der Waals surface area (Å²) in [4.78, 5) is 14.1. The Balaban J connectivity index is 1.98. The maximum Gasteiger partial charge on any atom is 0.282 e. The Morgan fingerprint density at radius 3 is 2.24 bits per heavy atom. The minimum Gasteiger partial charge on any atom is -0.495 e. The fourth-order valence-corrected chi connectivity index (χ4v) is 3.85. The normalized spacial score (nSPS) is 15.3. The van der Waals surface area contributed by atoms with Gasteiger partial charge in [0.15, 0.2) is 5.82 Å². The first kappa shape index (κ1) is 19.7. The van der Waals surface area contributed by atoms with E-state index in [0.717, 1.165) is 0 Å². The third kappa shape index (κ3) is 3.34. The van der Waals surface area contributed by atoms with E-state index in [-0.39, 0.29) is 21.8 Å². The molecule has 0 bridgehead atoms. The summed E-state index contributed by atoms with van der Waals surface area (Å²) >= 11 is 13.0. The van der Waals surface area contributed by atoms with Crippen LogP contribution in [0.2, 0.25) is 10.0 Å². The molecule has 7 nitrogen and oxygen atoms in total. The SMILES string of the molecule is COc1cc(OC)c(Cl)c(-c2cc3cnc(N)nc3c(N3CC(F)(F)C3)n2)c1Cl. The number of aromatic nitrogens is 3. The van der Waals surface area contributed by atoms with Gasteiger partial charge >= 0.3 is 0 Å². The van der Waals surface area contributed by atoms with E-state index in [1.165, 1.54) is 25.3 Å². The van der Waals surface area contributed by atoms with Crippen LogP contribution in [-0.2, 0) is 0 Å². The van der Waals surface area contributed by atoms with E-state index in [9.17, 15) is 8.78 Å². The van der Waals surface area contributed by atoms with Gasteiger partial charge in [-0.3, -0.25) is 0 Å². The summed E-state index contributed by atoms with van der Waals surface area (Å²) in [5.41, 5.74) is 6.73. The Morgan fingerprint density at radius 1 is 1.07 bits per heavy atom. The molecule has 29 heavy (non-hydrogen) atoms. The molecule has 1 saturated heterocycles. The second kappa shape index (κ2) is 7.00. The monoisotopic (exact) mass is 441 g/mol. The van der Waals surface area contributed by atoms with Crippen LogP contribution in [0.3, 0.4) is 0 Å². The highest BCUT2D eigenvalue weighted by atomic mass is 35.5. The van der Waals surface area contributed by atoms with Crippen LogP contribution in [0.5, 0.6) is 11.5 Å². The van der Waals surface area contributed by atoms with Gasteiger partial charge in [-0.05, 0) is 6.07 Å². The van der Waals surface area contributed by atoms with E-state index in [1.807, 2.05) is 0 Å². The average molecular weight is 442 g/mol. The zero-order valence-corrected chi connectivity index (χ0v) is 16.9. The van der Waals surface area contributed by atoms with E-state index in [2.05, 4.69) is 15.0 Å². The number of nitrogens with zero attached hydrogens (tertiary/aromatic N) is 4. The second-order valence-corrected chi connectivity index (χ2v) is 7.25. The van der Waals surface area contributed by atoms with Gasteiger partial charge in [-0.15, -0.1) is 0 Å². The molecule has 3 heterocycles. The van der Waals surface area contributed by atoms with Crippen molar-refractivity contribution in [3.05, 3.63) is 28.4 Å². The number of pyridine rings is 1. The fourth-order valence-electron chi connectivity index (χ4n) is 3.16. The molecule has 0 radical (unpaired) electrons. The molecule has 11 heteroatoms. The van der Waals surface area contributed by atoms with E-state index in [0.29, 0.717) is 33.7 Å². The van der Waals surface area contributed by atoms with Gasteiger partial charge < -0.3 is 20.1 Å². The van der Waals surface area contributed by atoms with Crippen LogP contribution < -0.4 is 20.1 Å². The summed E-state index contributed by atoms with van der Waals surface area (Å²) in [6, 6.07) is 3.21. The van der Waals surface area contributed by atoms with Crippen molar-refractivity contribution in [1.82, 2.24) is 15.0 Å². The molecule has 1 fully saturated rings. The van der Waals surface area contributed by atoms with Crippen molar-refractivity contribution in [1.29, 1.82) is 0 Å². The first-order valence-corrected chi connectivity index (χ1v) is 9.16. The van der Waals surface area contributed by atoms with Crippen LogP contribution in [0, 0.1) is 0 Å². The van der Waals surface area contributed by atoms with Crippen LogP contribution in [0.1, 0.15) is 0 Å². The Hall–Kier alpha value is -2.65. The van der Waals surface area contributed by atoms with E-state index in [1.54, 1.807) is 12.1 Å². The van der Waals surface area contributed by atoms with E-state index in [4.69, 9.17) is 38.4 Å². The number of ether oxygens (including phenoxy) is 2. The standard InChI is InChI=1S/C18H15Cl2F2N5O2/c1-28-10-4-11(29-2)14(20)12(13(10)19)9-3-8-5-24-17(23)26-15(8)16(25-9)27-6-18(21,22)7-27/h3-5H,6-7H2,1-2H3,(H2,23,24,26). The largest absolute Gasteiger partial charge is 0.495 e. The molecular formula is C18H15Cl2F2N5O2. The molecule has 0 aliphatic carbocycles. The Labute approximate surface area is 174 Å². The third-order valence-electron chi connectivity index (χ3n) is 4.54. The van der Waals surface area contributed by atoms with Crippen LogP contribution in [0.25, 0.3) is 22.2 Å². The van der Waals surface area contributed by atoms with E-state index < -0.39 is 19.0 Å².